The number of hydrogen-bond acceptors (Lipinski definition) is 2. The minimum atomic E-state index is 0. The molecule has 0 spiro atoms. The largest absolute Gasteiger partial charge is 0.356 e. The Hall–Kier alpha value is -0.130. The molecule has 1 N–H and O–H groups in total. The van der Waals surface area contributed by atoms with Crippen LogP contribution in [-0.4, -0.2) is 18.2 Å². The van der Waals surface area contributed by atoms with Crippen molar-refractivity contribution in [3.63, 3.8) is 0 Å². The summed E-state index contributed by atoms with van der Waals surface area (Å²) in [5.74, 6) is 0.324. The number of ketones is 1. The smallest absolute Gasteiger partial charge is 0.216 e. The second kappa shape index (κ2) is 18.2. The Kier molecular flexibility index (Phi) is 23.7. The number of halogens is 1. The number of rotatable bonds is 8. The molecule has 0 aromatic heterocycles. The van der Waals surface area contributed by atoms with E-state index < -0.39 is 0 Å². The van der Waals surface area contributed by atoms with Crippen LogP contribution in [0.1, 0.15) is 67.6 Å². The monoisotopic (exact) mass is 359 g/mol. The van der Waals surface area contributed by atoms with Gasteiger partial charge in [0.15, 0.2) is 0 Å². The molecule has 0 aliphatic heterocycles. The van der Waals surface area contributed by atoms with Crippen LogP contribution in [0.4, 0.5) is 0 Å². The molecule has 1 amide bonds. The molecule has 0 aliphatic carbocycles. The number of carbonyl (C=O) groups is 2. The highest BCUT2D eigenvalue weighted by Crippen LogP contribution is 2.04. The summed E-state index contributed by atoms with van der Waals surface area (Å²) in [6.45, 7) is 7.95. The second-order valence-electron chi connectivity index (χ2n) is 3.70. The van der Waals surface area contributed by atoms with Crippen molar-refractivity contribution in [2.24, 2.45) is 0 Å². The van der Waals surface area contributed by atoms with E-state index in [1.54, 1.807) is 6.92 Å². The Morgan fingerprint density at radius 1 is 0.941 bits per heavy atom. The highest BCUT2D eigenvalue weighted by atomic mass is 127. The van der Waals surface area contributed by atoms with Crippen molar-refractivity contribution in [3.8, 4) is 0 Å². The number of carbonyl (C=O) groups excluding carboxylic acids is 2. The zero-order chi connectivity index (χ0) is 12.8. The lowest BCUT2D eigenvalue weighted by atomic mass is 10.1. The topological polar surface area (TPSA) is 46.2 Å². The number of amides is 1. The van der Waals surface area contributed by atoms with Gasteiger partial charge < -0.3 is 10.1 Å². The van der Waals surface area contributed by atoms with Crippen molar-refractivity contribution < 1.29 is 11.0 Å². The lowest BCUT2D eigenvalue weighted by molar-refractivity contribution is -0.119. The van der Waals surface area contributed by atoms with Crippen molar-refractivity contribution in [3.05, 3.63) is 0 Å². The van der Waals surface area contributed by atoms with E-state index >= 15 is 0 Å². The van der Waals surface area contributed by atoms with Gasteiger partial charge in [0.2, 0.25) is 5.91 Å². The van der Waals surface area contributed by atoms with Crippen molar-refractivity contribution >= 4 is 35.7 Å². The standard InChI is InChI=1S/C11H21NO2.C2H6.HI.H2/c1-10(13)8-6-4-3-5-7-9-12-11(2)14;1-2;;/h3-9H2,1-2H3,(H,12,14);1-2H3;2*1H. The van der Waals surface area contributed by atoms with E-state index in [0.717, 1.165) is 38.6 Å². The van der Waals surface area contributed by atoms with Crippen molar-refractivity contribution in [2.45, 2.75) is 66.2 Å². The first kappa shape index (κ1) is 22.1. The summed E-state index contributed by atoms with van der Waals surface area (Å²) >= 11 is 0. The normalized spacial score (nSPS) is 8.47. The van der Waals surface area contributed by atoms with Crippen LogP contribution in [0.15, 0.2) is 0 Å². The summed E-state index contributed by atoms with van der Waals surface area (Å²) in [6, 6.07) is 0. The lowest BCUT2D eigenvalue weighted by Crippen LogP contribution is -2.20. The highest BCUT2D eigenvalue weighted by molar-refractivity contribution is 14.0. The van der Waals surface area contributed by atoms with E-state index in [1.807, 2.05) is 13.8 Å². The Balaban J connectivity index is -0.000000232. The predicted molar refractivity (Wildman–Crippen MR) is 85.9 cm³/mol. The first-order valence-electron chi connectivity index (χ1n) is 6.37. The maximum absolute atomic E-state index is 10.6. The van der Waals surface area contributed by atoms with Gasteiger partial charge >= 0.3 is 0 Å². The molecule has 0 rings (SSSR count). The molecule has 4 heteroatoms. The van der Waals surface area contributed by atoms with Gasteiger partial charge in [-0.05, 0) is 19.8 Å². The van der Waals surface area contributed by atoms with Gasteiger partial charge in [-0.3, -0.25) is 4.79 Å². The van der Waals surface area contributed by atoms with E-state index in [9.17, 15) is 9.59 Å². The van der Waals surface area contributed by atoms with Crippen LogP contribution in [0.25, 0.3) is 0 Å². The first-order chi connectivity index (χ1) is 7.63. The summed E-state index contributed by atoms with van der Waals surface area (Å²) < 4.78 is 0. The van der Waals surface area contributed by atoms with Gasteiger partial charge in [0, 0.05) is 21.3 Å². The molecule has 0 saturated heterocycles. The van der Waals surface area contributed by atoms with E-state index in [0.29, 0.717) is 6.42 Å². The third kappa shape index (κ3) is 25.8. The molecule has 0 saturated carbocycles. The SMILES string of the molecule is CC.CC(=O)CCCCCCCNC(C)=O.I.[HH]. The van der Waals surface area contributed by atoms with Crippen molar-refractivity contribution in [2.75, 3.05) is 6.54 Å². The van der Waals surface area contributed by atoms with Gasteiger partial charge in [0.25, 0.3) is 0 Å². The van der Waals surface area contributed by atoms with Crippen molar-refractivity contribution in [1.82, 2.24) is 5.32 Å². The van der Waals surface area contributed by atoms with Crippen LogP contribution in [0.2, 0.25) is 0 Å². The summed E-state index contributed by atoms with van der Waals surface area (Å²) in [5, 5.41) is 2.76. The molecular formula is C13H30INO2. The molecule has 0 aromatic carbocycles. The molecule has 0 aromatic rings. The molecule has 0 unspecified atom stereocenters. The molecular weight excluding hydrogens is 329 g/mol. The summed E-state index contributed by atoms with van der Waals surface area (Å²) in [5.41, 5.74) is 0. The van der Waals surface area contributed by atoms with Gasteiger partial charge in [0.05, 0.1) is 0 Å². The van der Waals surface area contributed by atoms with Gasteiger partial charge in [-0.25, -0.2) is 0 Å². The number of nitrogens with one attached hydrogen (secondary N) is 1. The Bertz CT molecular complexity index is 170. The Labute approximate surface area is 125 Å². The maximum Gasteiger partial charge on any atom is 0.216 e. The minimum absolute atomic E-state index is 0. The van der Waals surface area contributed by atoms with E-state index in [2.05, 4.69) is 5.32 Å². The Morgan fingerprint density at radius 2 is 1.41 bits per heavy atom. The molecule has 0 radical (unpaired) electrons. The van der Waals surface area contributed by atoms with Crippen LogP contribution in [-0.2, 0) is 9.59 Å². The van der Waals surface area contributed by atoms with E-state index in [-0.39, 0.29) is 37.1 Å². The van der Waals surface area contributed by atoms with Gasteiger partial charge in [-0.2, -0.15) is 0 Å². The predicted octanol–water partition coefficient (Wildman–Crippen LogP) is 3.94. The fourth-order valence-electron chi connectivity index (χ4n) is 1.29. The zero-order valence-electron chi connectivity index (χ0n) is 11.7. The number of Topliss-reactive ketones (excluding diaryl/α,β-unsaturated/α-hetero) is 1. The van der Waals surface area contributed by atoms with Crippen LogP contribution in [0.5, 0.6) is 0 Å². The third-order valence-electron chi connectivity index (χ3n) is 2.08. The maximum atomic E-state index is 10.6. The fraction of sp³-hybridized carbons (Fsp3) is 0.846. The van der Waals surface area contributed by atoms with E-state index in [4.69, 9.17) is 0 Å². The molecule has 3 nitrogen and oxygen atoms in total. The van der Waals surface area contributed by atoms with Crippen LogP contribution >= 0.6 is 24.0 Å². The average molecular weight is 359 g/mol. The molecule has 0 bridgehead atoms. The first-order valence-corrected chi connectivity index (χ1v) is 6.37. The quantitative estimate of drug-likeness (QED) is 0.527. The van der Waals surface area contributed by atoms with Crippen LogP contribution < -0.4 is 5.32 Å². The lowest BCUT2D eigenvalue weighted by Gasteiger charge is -2.01. The highest BCUT2D eigenvalue weighted by Gasteiger charge is 1.94. The molecule has 0 aliphatic rings. The van der Waals surface area contributed by atoms with E-state index in [1.165, 1.54) is 6.92 Å². The molecule has 106 valence electrons. The zero-order valence-corrected chi connectivity index (χ0v) is 14.0. The average Bonchev–Trinajstić information content (AvgIpc) is 2.24. The van der Waals surface area contributed by atoms with Crippen LogP contribution in [0.3, 0.4) is 0 Å². The summed E-state index contributed by atoms with van der Waals surface area (Å²) in [4.78, 5) is 21.1. The van der Waals surface area contributed by atoms with Gasteiger partial charge in [0.1, 0.15) is 5.78 Å². The molecule has 0 atom stereocenters. The summed E-state index contributed by atoms with van der Waals surface area (Å²) in [7, 11) is 0. The molecule has 0 fully saturated rings. The minimum Gasteiger partial charge on any atom is -0.356 e. The number of hydrogen-bond donors (Lipinski definition) is 1. The van der Waals surface area contributed by atoms with Gasteiger partial charge in [-0.15, -0.1) is 24.0 Å². The third-order valence-corrected chi connectivity index (χ3v) is 2.08. The number of unbranched alkanes of at least 4 members (excludes halogenated alkanes) is 4. The molecule has 0 heterocycles. The van der Waals surface area contributed by atoms with Crippen LogP contribution in [0, 0.1) is 0 Å². The van der Waals surface area contributed by atoms with Gasteiger partial charge in [-0.1, -0.05) is 33.1 Å². The molecule has 17 heavy (non-hydrogen) atoms. The second-order valence-corrected chi connectivity index (χ2v) is 3.70. The fourth-order valence-corrected chi connectivity index (χ4v) is 1.29. The summed E-state index contributed by atoms with van der Waals surface area (Å²) in [6.07, 6.45) is 6.19. The van der Waals surface area contributed by atoms with Crippen molar-refractivity contribution in [1.29, 1.82) is 0 Å². The Morgan fingerprint density at radius 3 is 1.88 bits per heavy atom.